The van der Waals surface area contributed by atoms with Gasteiger partial charge in [0.2, 0.25) is 5.91 Å². The summed E-state index contributed by atoms with van der Waals surface area (Å²) in [4.78, 5) is 17.0. The number of fused-ring (bicyclic) bond motifs is 3. The molecular formula is C25H24FN3O. The predicted octanol–water partition coefficient (Wildman–Crippen LogP) is 4.15. The van der Waals surface area contributed by atoms with Gasteiger partial charge in [0.25, 0.3) is 0 Å². The molecule has 0 aromatic heterocycles. The first-order valence-electron chi connectivity index (χ1n) is 10.4. The Kier molecular flexibility index (Phi) is 5.07. The van der Waals surface area contributed by atoms with Gasteiger partial charge in [0.15, 0.2) is 0 Å². The highest BCUT2D eigenvalue weighted by Crippen LogP contribution is 2.46. The monoisotopic (exact) mass is 401 g/mol. The average molecular weight is 401 g/mol. The van der Waals surface area contributed by atoms with Crippen molar-refractivity contribution in [2.75, 3.05) is 38.0 Å². The number of carbonyl (C=O) groups is 1. The van der Waals surface area contributed by atoms with Crippen LogP contribution in [-0.4, -0.2) is 48.4 Å². The molecule has 1 aliphatic carbocycles. The fraction of sp³-hybridized carbons (Fsp3) is 0.240. The van der Waals surface area contributed by atoms with E-state index in [9.17, 15) is 9.18 Å². The van der Waals surface area contributed by atoms with Crippen LogP contribution in [0.25, 0.3) is 11.1 Å². The third-order valence-electron chi connectivity index (χ3n) is 6.09. The summed E-state index contributed by atoms with van der Waals surface area (Å²) in [7, 11) is 0. The van der Waals surface area contributed by atoms with Gasteiger partial charge in [-0.05, 0) is 34.4 Å². The van der Waals surface area contributed by atoms with Crippen LogP contribution in [0.3, 0.4) is 0 Å². The van der Waals surface area contributed by atoms with Gasteiger partial charge in [-0.3, -0.25) is 14.6 Å². The average Bonchev–Trinajstić information content (AvgIpc) is 3.11. The highest BCUT2D eigenvalue weighted by molar-refractivity contribution is 5.92. The van der Waals surface area contributed by atoms with E-state index in [-0.39, 0.29) is 24.2 Å². The number of rotatable bonds is 4. The van der Waals surface area contributed by atoms with E-state index < -0.39 is 5.82 Å². The van der Waals surface area contributed by atoms with Crippen LogP contribution in [0, 0.1) is 5.82 Å². The largest absolute Gasteiger partial charge is 0.322 e. The van der Waals surface area contributed by atoms with Crippen LogP contribution < -0.4 is 5.32 Å². The molecule has 0 bridgehead atoms. The van der Waals surface area contributed by atoms with Crippen LogP contribution in [-0.2, 0) is 4.79 Å². The number of nitrogens with one attached hydrogen (secondary N) is 1. The van der Waals surface area contributed by atoms with E-state index in [1.54, 1.807) is 18.2 Å². The summed E-state index contributed by atoms with van der Waals surface area (Å²) in [5, 5.41) is 2.68. The molecule has 0 atom stereocenters. The molecule has 0 spiro atoms. The lowest BCUT2D eigenvalue weighted by atomic mass is 10.0. The van der Waals surface area contributed by atoms with Gasteiger partial charge in [0.05, 0.1) is 18.3 Å². The smallest absolute Gasteiger partial charge is 0.238 e. The highest BCUT2D eigenvalue weighted by Gasteiger charge is 2.34. The predicted molar refractivity (Wildman–Crippen MR) is 117 cm³/mol. The van der Waals surface area contributed by atoms with E-state index >= 15 is 0 Å². The summed E-state index contributed by atoms with van der Waals surface area (Å²) in [5.41, 5.74) is 5.61. The zero-order valence-electron chi connectivity index (χ0n) is 16.7. The van der Waals surface area contributed by atoms with Crippen LogP contribution in [0.4, 0.5) is 10.1 Å². The Labute approximate surface area is 175 Å². The minimum absolute atomic E-state index is 0.176. The number of piperazine rings is 1. The molecule has 1 amide bonds. The first kappa shape index (κ1) is 19.0. The molecule has 4 nitrogen and oxygen atoms in total. The first-order chi connectivity index (χ1) is 14.7. The Morgan fingerprint density at radius 3 is 2.03 bits per heavy atom. The number of hydrogen-bond acceptors (Lipinski definition) is 3. The van der Waals surface area contributed by atoms with Gasteiger partial charge in [-0.25, -0.2) is 4.39 Å². The molecule has 2 aliphatic rings. The van der Waals surface area contributed by atoms with Crippen molar-refractivity contribution >= 4 is 11.6 Å². The minimum atomic E-state index is -0.408. The molecule has 1 aliphatic heterocycles. The number of hydrogen-bond donors (Lipinski definition) is 1. The summed E-state index contributed by atoms with van der Waals surface area (Å²) < 4.78 is 13.8. The third kappa shape index (κ3) is 3.51. The molecule has 30 heavy (non-hydrogen) atoms. The fourth-order valence-electron chi connectivity index (χ4n) is 4.66. The molecule has 0 radical (unpaired) electrons. The minimum Gasteiger partial charge on any atom is -0.322 e. The van der Waals surface area contributed by atoms with Crippen molar-refractivity contribution in [3.05, 3.63) is 89.7 Å². The molecule has 5 rings (SSSR count). The first-order valence-corrected chi connectivity index (χ1v) is 10.4. The summed E-state index contributed by atoms with van der Waals surface area (Å²) >= 11 is 0. The zero-order valence-corrected chi connectivity index (χ0v) is 16.7. The van der Waals surface area contributed by atoms with Crippen molar-refractivity contribution in [3.63, 3.8) is 0 Å². The summed E-state index contributed by atoms with van der Waals surface area (Å²) in [5.74, 6) is -0.584. The van der Waals surface area contributed by atoms with E-state index in [1.807, 2.05) is 0 Å². The maximum atomic E-state index is 13.8. The second kappa shape index (κ2) is 8.01. The second-order valence-electron chi connectivity index (χ2n) is 7.92. The Bertz CT molecular complexity index is 1030. The molecule has 5 heteroatoms. The topological polar surface area (TPSA) is 35.6 Å². The third-order valence-corrected chi connectivity index (χ3v) is 6.09. The van der Waals surface area contributed by atoms with Gasteiger partial charge < -0.3 is 5.32 Å². The maximum absolute atomic E-state index is 13.8. The Morgan fingerprint density at radius 1 is 0.833 bits per heavy atom. The molecule has 1 heterocycles. The number of para-hydroxylation sites is 1. The van der Waals surface area contributed by atoms with Gasteiger partial charge >= 0.3 is 0 Å². The molecule has 1 N–H and O–H groups in total. The molecule has 1 saturated heterocycles. The number of anilines is 1. The SMILES string of the molecule is O=C(CN1CCN(C2c3ccccc3-c3ccccc32)CC1)Nc1ccccc1F. The normalized spacial score (nSPS) is 16.8. The van der Waals surface area contributed by atoms with E-state index in [4.69, 9.17) is 0 Å². The maximum Gasteiger partial charge on any atom is 0.238 e. The van der Waals surface area contributed by atoms with E-state index in [1.165, 1.54) is 28.3 Å². The molecule has 1 fully saturated rings. The number of carbonyl (C=O) groups excluding carboxylic acids is 1. The van der Waals surface area contributed by atoms with Gasteiger partial charge in [-0.15, -0.1) is 0 Å². The van der Waals surface area contributed by atoms with Crippen LogP contribution in [0.15, 0.2) is 72.8 Å². The van der Waals surface area contributed by atoms with E-state index in [0.717, 1.165) is 26.2 Å². The molecule has 3 aromatic rings. The highest BCUT2D eigenvalue weighted by atomic mass is 19.1. The van der Waals surface area contributed by atoms with Gasteiger partial charge in [0, 0.05) is 26.2 Å². The van der Waals surface area contributed by atoms with Gasteiger partial charge in [0.1, 0.15) is 5.82 Å². The van der Waals surface area contributed by atoms with Crippen LogP contribution in [0.5, 0.6) is 0 Å². The molecule has 0 unspecified atom stereocenters. The number of halogens is 1. The van der Waals surface area contributed by atoms with E-state index in [0.29, 0.717) is 0 Å². The summed E-state index contributed by atoms with van der Waals surface area (Å²) in [6, 6.07) is 23.8. The van der Waals surface area contributed by atoms with Crippen LogP contribution >= 0.6 is 0 Å². The molecule has 152 valence electrons. The fourth-order valence-corrected chi connectivity index (χ4v) is 4.66. The van der Waals surface area contributed by atoms with Crippen molar-refractivity contribution in [3.8, 4) is 11.1 Å². The quantitative estimate of drug-likeness (QED) is 0.713. The van der Waals surface area contributed by atoms with Crippen molar-refractivity contribution in [1.29, 1.82) is 0 Å². The lowest BCUT2D eigenvalue weighted by Crippen LogP contribution is -2.49. The summed E-state index contributed by atoms with van der Waals surface area (Å²) in [6.45, 7) is 3.68. The number of nitrogens with zero attached hydrogens (tertiary/aromatic N) is 2. The lowest BCUT2D eigenvalue weighted by Gasteiger charge is -2.38. The van der Waals surface area contributed by atoms with Gasteiger partial charge in [-0.2, -0.15) is 0 Å². The van der Waals surface area contributed by atoms with E-state index in [2.05, 4.69) is 63.6 Å². The Balaban J connectivity index is 1.24. The Morgan fingerprint density at radius 2 is 1.40 bits per heavy atom. The summed E-state index contributed by atoms with van der Waals surface area (Å²) in [6.07, 6.45) is 0. The molecule has 0 saturated carbocycles. The van der Waals surface area contributed by atoms with Crippen LogP contribution in [0.1, 0.15) is 17.2 Å². The lowest BCUT2D eigenvalue weighted by molar-refractivity contribution is -0.117. The van der Waals surface area contributed by atoms with Crippen LogP contribution in [0.2, 0.25) is 0 Å². The second-order valence-corrected chi connectivity index (χ2v) is 7.92. The molecular weight excluding hydrogens is 377 g/mol. The number of amides is 1. The Hall–Kier alpha value is -3.02. The molecule has 3 aromatic carbocycles. The van der Waals surface area contributed by atoms with Crippen molar-refractivity contribution in [2.45, 2.75) is 6.04 Å². The zero-order chi connectivity index (χ0) is 20.5. The number of benzene rings is 3. The van der Waals surface area contributed by atoms with Crippen molar-refractivity contribution in [2.24, 2.45) is 0 Å². The standard InChI is InChI=1S/C25H24FN3O/c26-22-11-5-6-12-23(22)27-24(30)17-28-13-15-29(16-14-28)25-20-9-3-1-7-18(20)19-8-2-4-10-21(19)25/h1-12,25H,13-17H2,(H,27,30). The van der Waals surface area contributed by atoms with Crippen molar-refractivity contribution < 1.29 is 9.18 Å². The van der Waals surface area contributed by atoms with Gasteiger partial charge in [-0.1, -0.05) is 60.7 Å². The van der Waals surface area contributed by atoms with Crippen molar-refractivity contribution in [1.82, 2.24) is 9.80 Å².